The molecule has 3 saturated carbocycles. The van der Waals surface area contributed by atoms with Crippen molar-refractivity contribution in [3.63, 3.8) is 0 Å². The highest BCUT2D eigenvalue weighted by Crippen LogP contribution is 2.47. The SMILES string of the molecule is NC1CCC(Sc2nnc(C3CC3)n2C2CC2)C1. The molecular weight excluding hydrogens is 244 g/mol. The lowest BCUT2D eigenvalue weighted by atomic mass is 10.3. The predicted octanol–water partition coefficient (Wildman–Crippen LogP) is 2.46. The molecule has 4 nitrogen and oxygen atoms in total. The molecule has 2 N–H and O–H groups in total. The fourth-order valence-electron chi connectivity index (χ4n) is 2.89. The quantitative estimate of drug-likeness (QED) is 0.907. The van der Waals surface area contributed by atoms with Crippen LogP contribution in [0.1, 0.15) is 62.7 Å². The van der Waals surface area contributed by atoms with Crippen molar-refractivity contribution >= 4 is 11.8 Å². The summed E-state index contributed by atoms with van der Waals surface area (Å²) in [5.41, 5.74) is 6.00. The number of hydrogen-bond donors (Lipinski definition) is 1. The molecule has 0 spiro atoms. The van der Waals surface area contributed by atoms with Gasteiger partial charge in [0.25, 0.3) is 0 Å². The fourth-order valence-corrected chi connectivity index (χ4v) is 4.23. The topological polar surface area (TPSA) is 56.7 Å². The molecule has 3 fully saturated rings. The first-order valence-electron chi connectivity index (χ1n) is 7.18. The van der Waals surface area contributed by atoms with Gasteiger partial charge in [-0.05, 0) is 44.9 Å². The van der Waals surface area contributed by atoms with Gasteiger partial charge >= 0.3 is 0 Å². The third-order valence-electron chi connectivity index (χ3n) is 4.24. The van der Waals surface area contributed by atoms with Crippen LogP contribution >= 0.6 is 11.8 Å². The molecule has 0 amide bonds. The van der Waals surface area contributed by atoms with E-state index in [1.54, 1.807) is 0 Å². The van der Waals surface area contributed by atoms with Gasteiger partial charge < -0.3 is 10.3 Å². The largest absolute Gasteiger partial charge is 0.328 e. The Bertz CT molecular complexity index is 450. The fraction of sp³-hybridized carbons (Fsp3) is 0.846. The van der Waals surface area contributed by atoms with Crippen LogP contribution in [0.5, 0.6) is 0 Å². The van der Waals surface area contributed by atoms with Crippen LogP contribution in [0.4, 0.5) is 0 Å². The average Bonchev–Trinajstić information content (AvgIpc) is 3.27. The second-order valence-electron chi connectivity index (χ2n) is 6.03. The van der Waals surface area contributed by atoms with Crippen molar-refractivity contribution in [1.82, 2.24) is 14.8 Å². The first-order valence-corrected chi connectivity index (χ1v) is 8.06. The van der Waals surface area contributed by atoms with Crippen LogP contribution in [0, 0.1) is 0 Å². The first-order chi connectivity index (χ1) is 8.81. The maximum Gasteiger partial charge on any atom is 0.191 e. The Balaban J connectivity index is 1.56. The molecule has 0 bridgehead atoms. The molecule has 0 aromatic carbocycles. The summed E-state index contributed by atoms with van der Waals surface area (Å²) in [6, 6.07) is 1.11. The lowest BCUT2D eigenvalue weighted by molar-refractivity contribution is 0.625. The Morgan fingerprint density at radius 3 is 2.50 bits per heavy atom. The number of thioether (sulfide) groups is 1. The number of aromatic nitrogens is 3. The normalized spacial score (nSPS) is 32.1. The lowest BCUT2D eigenvalue weighted by Gasteiger charge is -2.11. The van der Waals surface area contributed by atoms with E-state index in [-0.39, 0.29) is 0 Å². The van der Waals surface area contributed by atoms with E-state index in [1.165, 1.54) is 49.5 Å². The van der Waals surface area contributed by atoms with E-state index < -0.39 is 0 Å². The Labute approximate surface area is 112 Å². The zero-order chi connectivity index (χ0) is 12.1. The van der Waals surface area contributed by atoms with E-state index >= 15 is 0 Å². The molecule has 1 aromatic rings. The molecule has 0 radical (unpaired) electrons. The van der Waals surface area contributed by atoms with Crippen molar-refractivity contribution in [2.75, 3.05) is 0 Å². The smallest absolute Gasteiger partial charge is 0.191 e. The van der Waals surface area contributed by atoms with Crippen molar-refractivity contribution in [1.29, 1.82) is 0 Å². The second kappa shape index (κ2) is 4.23. The summed E-state index contributed by atoms with van der Waals surface area (Å²) in [7, 11) is 0. The molecule has 2 atom stereocenters. The van der Waals surface area contributed by atoms with Gasteiger partial charge in [-0.25, -0.2) is 0 Å². The van der Waals surface area contributed by atoms with Gasteiger partial charge in [-0.2, -0.15) is 0 Å². The summed E-state index contributed by atoms with van der Waals surface area (Å²) in [5, 5.41) is 10.7. The molecule has 0 saturated heterocycles. The molecule has 4 rings (SSSR count). The van der Waals surface area contributed by atoms with Gasteiger partial charge in [0.1, 0.15) is 5.82 Å². The summed E-state index contributed by atoms with van der Waals surface area (Å²) in [6.45, 7) is 0. The number of rotatable bonds is 4. The lowest BCUT2D eigenvalue weighted by Crippen LogP contribution is -2.15. The summed E-state index contributed by atoms with van der Waals surface area (Å²) >= 11 is 1.93. The zero-order valence-electron chi connectivity index (χ0n) is 10.6. The Morgan fingerprint density at radius 1 is 1.06 bits per heavy atom. The molecule has 18 heavy (non-hydrogen) atoms. The number of nitrogens with zero attached hydrogens (tertiary/aromatic N) is 3. The van der Waals surface area contributed by atoms with Gasteiger partial charge in [0, 0.05) is 23.3 Å². The van der Waals surface area contributed by atoms with E-state index in [9.17, 15) is 0 Å². The minimum Gasteiger partial charge on any atom is -0.328 e. The molecule has 1 aromatic heterocycles. The summed E-state index contributed by atoms with van der Waals surface area (Å²) in [6.07, 6.45) is 8.80. The van der Waals surface area contributed by atoms with Crippen LogP contribution in [0.2, 0.25) is 0 Å². The molecule has 3 aliphatic carbocycles. The highest BCUT2D eigenvalue weighted by molar-refractivity contribution is 7.99. The molecular formula is C13H20N4S. The second-order valence-corrected chi connectivity index (χ2v) is 7.30. The molecule has 0 aliphatic heterocycles. The van der Waals surface area contributed by atoms with Crippen molar-refractivity contribution in [2.45, 2.75) is 73.4 Å². The van der Waals surface area contributed by atoms with Crippen LogP contribution < -0.4 is 5.73 Å². The van der Waals surface area contributed by atoms with Gasteiger partial charge in [-0.1, -0.05) is 11.8 Å². The maximum atomic E-state index is 6.00. The monoisotopic (exact) mass is 264 g/mol. The minimum absolute atomic E-state index is 0.405. The van der Waals surface area contributed by atoms with Gasteiger partial charge in [0.2, 0.25) is 0 Å². The van der Waals surface area contributed by atoms with Crippen molar-refractivity contribution in [3.8, 4) is 0 Å². The van der Waals surface area contributed by atoms with Gasteiger partial charge in [0.15, 0.2) is 5.16 Å². The van der Waals surface area contributed by atoms with E-state index in [1.807, 2.05) is 11.8 Å². The van der Waals surface area contributed by atoms with Crippen LogP contribution in [-0.4, -0.2) is 26.1 Å². The predicted molar refractivity (Wildman–Crippen MR) is 71.7 cm³/mol. The van der Waals surface area contributed by atoms with Crippen molar-refractivity contribution < 1.29 is 0 Å². The average molecular weight is 264 g/mol. The Kier molecular flexibility index (Phi) is 2.66. The Morgan fingerprint density at radius 2 is 1.89 bits per heavy atom. The Hall–Kier alpha value is -0.550. The third kappa shape index (κ3) is 2.07. The summed E-state index contributed by atoms with van der Waals surface area (Å²) in [5.74, 6) is 1.97. The summed E-state index contributed by atoms with van der Waals surface area (Å²) in [4.78, 5) is 0. The molecule has 5 heteroatoms. The van der Waals surface area contributed by atoms with E-state index in [0.29, 0.717) is 23.3 Å². The van der Waals surface area contributed by atoms with Crippen LogP contribution in [0.3, 0.4) is 0 Å². The number of hydrogen-bond acceptors (Lipinski definition) is 4. The molecule has 3 aliphatic rings. The molecule has 1 heterocycles. The van der Waals surface area contributed by atoms with E-state index in [0.717, 1.165) is 6.42 Å². The first kappa shape index (κ1) is 11.3. The maximum absolute atomic E-state index is 6.00. The van der Waals surface area contributed by atoms with Crippen LogP contribution in [0.25, 0.3) is 0 Å². The van der Waals surface area contributed by atoms with Gasteiger partial charge in [-0.3, -0.25) is 0 Å². The number of nitrogens with two attached hydrogens (primary N) is 1. The van der Waals surface area contributed by atoms with Crippen molar-refractivity contribution in [2.24, 2.45) is 5.73 Å². The van der Waals surface area contributed by atoms with E-state index in [4.69, 9.17) is 5.73 Å². The standard InChI is InChI=1S/C13H20N4S/c14-9-3-6-11(7-9)18-13-16-15-12(8-1-2-8)17(13)10-4-5-10/h8-11H,1-7,14H2. The van der Waals surface area contributed by atoms with Gasteiger partial charge in [0.05, 0.1) is 0 Å². The molecule has 2 unspecified atom stereocenters. The van der Waals surface area contributed by atoms with Gasteiger partial charge in [-0.15, -0.1) is 10.2 Å². The zero-order valence-corrected chi connectivity index (χ0v) is 11.4. The highest BCUT2D eigenvalue weighted by atomic mass is 32.2. The van der Waals surface area contributed by atoms with Crippen molar-refractivity contribution in [3.05, 3.63) is 5.82 Å². The summed E-state index contributed by atoms with van der Waals surface area (Å²) < 4.78 is 2.45. The third-order valence-corrected chi connectivity index (χ3v) is 5.49. The highest BCUT2D eigenvalue weighted by Gasteiger charge is 2.37. The van der Waals surface area contributed by atoms with Crippen LogP contribution in [0.15, 0.2) is 5.16 Å². The van der Waals surface area contributed by atoms with E-state index in [2.05, 4.69) is 14.8 Å². The van der Waals surface area contributed by atoms with Crippen LogP contribution in [-0.2, 0) is 0 Å². The molecule has 98 valence electrons. The minimum atomic E-state index is 0.405.